The Labute approximate surface area is 202 Å². The highest BCUT2D eigenvalue weighted by molar-refractivity contribution is 6.26. The molecule has 2 heterocycles. The Kier molecular flexibility index (Phi) is 4.78. The number of aromatic nitrogens is 3. The molecule has 5 aromatic rings. The molecule has 0 fully saturated rings. The van der Waals surface area contributed by atoms with Crippen LogP contribution in [0.15, 0.2) is 87.2 Å². The molecule has 0 radical (unpaired) electrons. The first-order valence-electron chi connectivity index (χ1n) is 11.3. The number of pyridine rings is 1. The molecular weight excluding hydrogens is 460 g/mol. The Morgan fingerprint density at radius 1 is 0.750 bits per heavy atom. The fourth-order valence-electron chi connectivity index (χ4n) is 4.76. The van der Waals surface area contributed by atoms with E-state index in [9.17, 15) is 24.0 Å². The summed E-state index contributed by atoms with van der Waals surface area (Å²) >= 11 is 0. The number of benzene rings is 3. The maximum absolute atomic E-state index is 13.4. The molecule has 0 saturated carbocycles. The molecule has 0 bridgehead atoms. The third-order valence-corrected chi connectivity index (χ3v) is 6.43. The Hall–Kier alpha value is -5.05. The first-order valence-corrected chi connectivity index (χ1v) is 11.3. The molecule has 2 aromatic heterocycles. The number of fused-ring (bicyclic) bond motifs is 6. The Balaban J connectivity index is 1.40. The predicted molar refractivity (Wildman–Crippen MR) is 135 cm³/mol. The van der Waals surface area contributed by atoms with E-state index in [4.69, 9.17) is 0 Å². The largest absolute Gasteiger partial charge is 0.328 e. The zero-order chi connectivity index (χ0) is 25.0. The third kappa shape index (κ3) is 3.13. The number of carbonyl (C=O) groups excluding carboxylic acids is 2. The van der Waals surface area contributed by atoms with Gasteiger partial charge in [0.05, 0.1) is 22.2 Å². The van der Waals surface area contributed by atoms with Gasteiger partial charge in [-0.2, -0.15) is 0 Å². The number of para-hydroxylation sites is 1. The predicted octanol–water partition coefficient (Wildman–Crippen LogP) is 2.38. The van der Waals surface area contributed by atoms with Crippen LogP contribution < -0.4 is 22.2 Å². The van der Waals surface area contributed by atoms with E-state index in [1.54, 1.807) is 72.8 Å². The molecule has 176 valence electrons. The lowest BCUT2D eigenvalue weighted by atomic mass is 10.0. The minimum absolute atomic E-state index is 0.190. The SMILES string of the molecule is O=C(CCn1c(=O)[nH]c2ccccc2c1=O)Nn1c2c(c3ccccc3c1=O)C(=O)c1ccccc1-2. The molecule has 1 aliphatic carbocycles. The van der Waals surface area contributed by atoms with Gasteiger partial charge in [-0.3, -0.25) is 29.2 Å². The molecule has 0 saturated heterocycles. The molecule has 0 unspecified atom stereocenters. The van der Waals surface area contributed by atoms with Gasteiger partial charge in [0.2, 0.25) is 5.91 Å². The van der Waals surface area contributed by atoms with Crippen LogP contribution in [0.2, 0.25) is 0 Å². The van der Waals surface area contributed by atoms with E-state index < -0.39 is 22.7 Å². The molecule has 0 aliphatic heterocycles. The van der Waals surface area contributed by atoms with E-state index in [-0.39, 0.29) is 18.7 Å². The van der Waals surface area contributed by atoms with E-state index in [1.165, 1.54) is 0 Å². The molecular formula is C27H18N4O5. The number of amides is 1. The number of H-pyrrole nitrogens is 1. The van der Waals surface area contributed by atoms with Crippen molar-refractivity contribution in [3.8, 4) is 11.3 Å². The Morgan fingerprint density at radius 3 is 2.17 bits per heavy atom. The van der Waals surface area contributed by atoms with Crippen LogP contribution in [0.5, 0.6) is 0 Å². The van der Waals surface area contributed by atoms with Gasteiger partial charge in [0.1, 0.15) is 0 Å². The topological polar surface area (TPSA) is 123 Å². The van der Waals surface area contributed by atoms with Crippen LogP contribution in [0.4, 0.5) is 0 Å². The van der Waals surface area contributed by atoms with Gasteiger partial charge in [-0.15, -0.1) is 0 Å². The minimum Gasteiger partial charge on any atom is -0.307 e. The standard InChI is InChI=1S/C27H18N4O5/c32-21(13-14-30-25(34)19-11-5-6-12-20(19)28-27(30)36)29-31-23-16-8-2-3-9-17(16)24(33)22(23)15-7-1-4-10-18(15)26(31)35/h1-12H,13-14H2,(H,28,36)(H,29,32). The summed E-state index contributed by atoms with van der Waals surface area (Å²) in [5.41, 5.74) is 3.03. The van der Waals surface area contributed by atoms with Crippen molar-refractivity contribution in [1.29, 1.82) is 0 Å². The van der Waals surface area contributed by atoms with Crippen molar-refractivity contribution in [2.45, 2.75) is 13.0 Å². The number of nitrogens with one attached hydrogen (secondary N) is 2. The molecule has 1 amide bonds. The minimum atomic E-state index is -0.630. The second kappa shape index (κ2) is 8.02. The summed E-state index contributed by atoms with van der Waals surface area (Å²) in [7, 11) is 0. The van der Waals surface area contributed by atoms with Gasteiger partial charge >= 0.3 is 5.69 Å². The number of hydrogen-bond donors (Lipinski definition) is 2. The number of nitrogens with zero attached hydrogens (tertiary/aromatic N) is 2. The summed E-state index contributed by atoms with van der Waals surface area (Å²) < 4.78 is 2.05. The van der Waals surface area contributed by atoms with E-state index in [1.807, 2.05) is 0 Å². The molecule has 6 rings (SSSR count). The van der Waals surface area contributed by atoms with Crippen molar-refractivity contribution in [2.75, 3.05) is 5.43 Å². The van der Waals surface area contributed by atoms with Crippen molar-refractivity contribution in [2.24, 2.45) is 0 Å². The summed E-state index contributed by atoms with van der Waals surface area (Å²) in [6.07, 6.45) is -0.245. The first kappa shape index (κ1) is 21.5. The van der Waals surface area contributed by atoms with Crippen molar-refractivity contribution in [3.05, 3.63) is 115 Å². The highest BCUT2D eigenvalue weighted by Gasteiger charge is 2.33. The number of carbonyl (C=O) groups is 2. The zero-order valence-electron chi connectivity index (χ0n) is 18.8. The average Bonchev–Trinajstić information content (AvgIpc) is 3.19. The highest BCUT2D eigenvalue weighted by Crippen LogP contribution is 2.38. The normalized spacial score (nSPS) is 12.1. The first-order chi connectivity index (χ1) is 17.5. The van der Waals surface area contributed by atoms with Crippen LogP contribution in [-0.2, 0) is 11.3 Å². The monoisotopic (exact) mass is 478 g/mol. The number of aromatic amines is 1. The van der Waals surface area contributed by atoms with Crippen molar-refractivity contribution in [3.63, 3.8) is 0 Å². The maximum Gasteiger partial charge on any atom is 0.328 e. The molecule has 3 aromatic carbocycles. The van der Waals surface area contributed by atoms with Crippen molar-refractivity contribution < 1.29 is 9.59 Å². The van der Waals surface area contributed by atoms with Crippen molar-refractivity contribution >= 4 is 33.4 Å². The lowest BCUT2D eigenvalue weighted by Gasteiger charge is -2.16. The van der Waals surface area contributed by atoms with Crippen LogP contribution in [0.1, 0.15) is 22.3 Å². The lowest BCUT2D eigenvalue weighted by molar-refractivity contribution is -0.117. The second-order valence-electron chi connectivity index (χ2n) is 8.50. The smallest absolute Gasteiger partial charge is 0.307 e. The fraction of sp³-hybridized carbons (Fsp3) is 0.0741. The Bertz CT molecular complexity index is 1930. The van der Waals surface area contributed by atoms with Crippen LogP contribution in [0, 0.1) is 0 Å². The third-order valence-electron chi connectivity index (χ3n) is 6.43. The lowest BCUT2D eigenvalue weighted by Crippen LogP contribution is -2.38. The summed E-state index contributed by atoms with van der Waals surface area (Å²) in [4.78, 5) is 67.4. The van der Waals surface area contributed by atoms with Gasteiger partial charge in [0.15, 0.2) is 5.78 Å². The quantitative estimate of drug-likeness (QED) is 0.403. The van der Waals surface area contributed by atoms with Crippen LogP contribution in [0.25, 0.3) is 32.9 Å². The summed E-state index contributed by atoms with van der Waals surface area (Å²) in [6.45, 7) is -0.190. The van der Waals surface area contributed by atoms with Crippen molar-refractivity contribution in [1.82, 2.24) is 14.2 Å². The molecule has 0 spiro atoms. The van der Waals surface area contributed by atoms with Crippen LogP contribution >= 0.6 is 0 Å². The number of ketones is 1. The van der Waals surface area contributed by atoms with Gasteiger partial charge < -0.3 is 4.98 Å². The van der Waals surface area contributed by atoms with Gasteiger partial charge in [-0.25, -0.2) is 9.47 Å². The Morgan fingerprint density at radius 2 is 1.39 bits per heavy atom. The van der Waals surface area contributed by atoms with Crippen LogP contribution in [-0.4, -0.2) is 25.9 Å². The number of rotatable bonds is 4. The van der Waals surface area contributed by atoms with E-state index in [2.05, 4.69) is 10.4 Å². The summed E-state index contributed by atoms with van der Waals surface area (Å²) in [5, 5.41) is 1.13. The highest BCUT2D eigenvalue weighted by atomic mass is 16.2. The molecule has 1 aliphatic rings. The molecule has 9 nitrogen and oxygen atoms in total. The zero-order valence-corrected chi connectivity index (χ0v) is 18.8. The van der Waals surface area contributed by atoms with Gasteiger partial charge in [0.25, 0.3) is 11.1 Å². The maximum atomic E-state index is 13.4. The molecule has 0 atom stereocenters. The molecule has 9 heteroatoms. The van der Waals surface area contributed by atoms with Crippen LogP contribution in [0.3, 0.4) is 0 Å². The second-order valence-corrected chi connectivity index (χ2v) is 8.50. The van der Waals surface area contributed by atoms with Gasteiger partial charge in [-0.05, 0) is 18.2 Å². The summed E-state index contributed by atoms with van der Waals surface area (Å²) in [6, 6.07) is 20.3. The number of hydrogen-bond acceptors (Lipinski definition) is 5. The van der Waals surface area contributed by atoms with E-state index >= 15 is 0 Å². The molecule has 2 N–H and O–H groups in total. The van der Waals surface area contributed by atoms with E-state index in [0.29, 0.717) is 44.1 Å². The fourth-order valence-corrected chi connectivity index (χ4v) is 4.76. The molecule has 36 heavy (non-hydrogen) atoms. The average molecular weight is 478 g/mol. The van der Waals surface area contributed by atoms with E-state index in [0.717, 1.165) is 9.24 Å². The summed E-state index contributed by atoms with van der Waals surface area (Å²) in [5.74, 6) is -0.820. The van der Waals surface area contributed by atoms with Gasteiger partial charge in [-0.1, -0.05) is 54.6 Å². The van der Waals surface area contributed by atoms with Gasteiger partial charge in [0, 0.05) is 34.9 Å².